The number of benzene rings is 4. The molecule has 0 aliphatic heterocycles. The van der Waals surface area contributed by atoms with Gasteiger partial charge in [-0.1, -0.05) is 68.1 Å². The van der Waals surface area contributed by atoms with Crippen LogP contribution in [0.1, 0.15) is 129 Å². The molecule has 5 aromatic rings. The van der Waals surface area contributed by atoms with Crippen molar-refractivity contribution >= 4 is 0 Å². The Bertz CT molecular complexity index is 2380. The van der Waals surface area contributed by atoms with Crippen LogP contribution in [0.5, 0.6) is 0 Å². The van der Waals surface area contributed by atoms with E-state index in [0.29, 0.717) is 75.6 Å². The Morgan fingerprint density at radius 1 is 0.521 bits per heavy atom. The number of hydrogen-bond acceptors (Lipinski definition) is 7. The zero-order valence-corrected chi connectivity index (χ0v) is 38.2. The number of aliphatic hydroxyl groups excluding tert-OH is 2. The Morgan fingerprint density at radius 3 is 1.14 bits per heavy atom. The lowest BCUT2D eigenvalue weighted by Crippen LogP contribution is -2.51. The highest BCUT2D eigenvalue weighted by atomic mass is 19.4. The first kappa shape index (κ1) is 56.9. The topological polar surface area (TPSA) is 116 Å². The average molecular weight is 1020 g/mol. The second kappa shape index (κ2) is 22.0. The van der Waals surface area contributed by atoms with E-state index in [1.807, 2.05) is 60.7 Å². The van der Waals surface area contributed by atoms with E-state index in [4.69, 9.17) is 15.2 Å². The summed E-state index contributed by atoms with van der Waals surface area (Å²) in [7, 11) is 0. The summed E-state index contributed by atoms with van der Waals surface area (Å²) in [6.07, 6.45) is -14.2. The summed E-state index contributed by atoms with van der Waals surface area (Å²) in [4.78, 5) is 0. The Labute approximate surface area is 404 Å². The largest absolute Gasteiger partial charge is 0.416 e. The van der Waals surface area contributed by atoms with Gasteiger partial charge in [-0.15, -0.1) is 10.2 Å². The first-order valence-electron chi connectivity index (χ1n) is 22.5. The van der Waals surface area contributed by atoms with E-state index in [1.165, 1.54) is 13.8 Å². The Hall–Kier alpha value is -5.02. The first-order valence-corrected chi connectivity index (χ1v) is 22.5. The van der Waals surface area contributed by atoms with Crippen LogP contribution in [0.15, 0.2) is 110 Å². The normalized spacial score (nSPS) is 24.0. The lowest BCUT2D eigenvalue weighted by molar-refractivity contribution is -0.145. The molecule has 1 aromatic heterocycles. The molecule has 2 aliphatic rings. The van der Waals surface area contributed by atoms with E-state index in [0.717, 1.165) is 11.1 Å². The number of nitrogens with zero attached hydrogens (tertiary/aromatic N) is 3. The number of ether oxygens (including phenoxy) is 2. The first-order chi connectivity index (χ1) is 32.7. The van der Waals surface area contributed by atoms with Crippen molar-refractivity contribution < 1.29 is 72.4 Å². The van der Waals surface area contributed by atoms with Gasteiger partial charge >= 0.3 is 24.7 Å². The fourth-order valence-corrected chi connectivity index (χ4v) is 9.33. The average Bonchev–Trinajstić information content (AvgIpc) is 3.89. The van der Waals surface area contributed by atoms with Gasteiger partial charge in [0.2, 0.25) is 0 Å². The molecule has 8 nitrogen and oxygen atoms in total. The highest BCUT2D eigenvalue weighted by Gasteiger charge is 2.46. The molecule has 20 heteroatoms. The lowest BCUT2D eigenvalue weighted by Gasteiger charge is -2.46. The summed E-state index contributed by atoms with van der Waals surface area (Å²) in [6.45, 7) is 2.78. The fourth-order valence-electron chi connectivity index (χ4n) is 9.33. The second-order valence-electron chi connectivity index (χ2n) is 18.6. The van der Waals surface area contributed by atoms with Crippen LogP contribution >= 0.6 is 0 Å². The standard InChI is InChI=1S/C26H27F6N3O2.C24H27F6NO2.CH4/c1-18(19-11-21(25(27,28)29)13-22(12-19)26(30,31)32)37-15-23(20-5-3-2-4-6-20)7-9-24(14-36,10-8-23)35-16-33-34-17-35;1-16(17-11-19(23(25,26)27)13-20(12-17)24(28,29)30)33-15-21(18-5-3-2-4-6-18)7-9-22(31,14-32)10-8-21;/h2-6,11-13,16-18,36H,7-10,14-15H2,1H3;2-6,11-13,16,32H,7-10,14-15,31H2,1H3;1H4/t18-,23?,24?;16-,21?,22?;/m11./s1. The molecular formula is C51H58F12N4O4. The molecule has 2 saturated carbocycles. The van der Waals surface area contributed by atoms with Crippen molar-refractivity contribution in [2.75, 3.05) is 26.4 Å². The van der Waals surface area contributed by atoms with Gasteiger partial charge in [-0.05, 0) is 124 Å². The molecule has 4 N–H and O–H groups in total. The molecular weight excluding hydrogens is 961 g/mol. The maximum atomic E-state index is 13.3. The van der Waals surface area contributed by atoms with E-state index >= 15 is 0 Å². The minimum absolute atomic E-state index is 0. The molecule has 0 radical (unpaired) electrons. The molecule has 0 unspecified atom stereocenters. The SMILES string of the molecule is C.C[C@@H](OCC1(c2ccccc2)CCC(CO)(n2cnnc2)CC1)c1cc(C(F)(F)F)cc(C(F)(F)F)c1.C[C@@H](OCC1(c2ccccc2)CCC(N)(CO)CC1)c1cc(C(F)(F)F)cc(C(F)(F)F)c1. The molecule has 1 heterocycles. The smallest absolute Gasteiger partial charge is 0.394 e. The molecule has 4 aromatic carbocycles. The molecule has 0 spiro atoms. The van der Waals surface area contributed by atoms with Crippen LogP contribution in [0, 0.1) is 0 Å². The quantitative estimate of drug-likeness (QED) is 0.101. The summed E-state index contributed by atoms with van der Waals surface area (Å²) < 4.78 is 173. The minimum Gasteiger partial charge on any atom is -0.394 e. The van der Waals surface area contributed by atoms with Crippen LogP contribution < -0.4 is 5.73 Å². The van der Waals surface area contributed by atoms with Gasteiger partial charge in [0.15, 0.2) is 0 Å². The van der Waals surface area contributed by atoms with Crippen molar-refractivity contribution in [1.82, 2.24) is 14.8 Å². The van der Waals surface area contributed by atoms with E-state index in [1.54, 1.807) is 17.2 Å². The molecule has 71 heavy (non-hydrogen) atoms. The predicted molar refractivity (Wildman–Crippen MR) is 241 cm³/mol. The monoisotopic (exact) mass is 1020 g/mol. The molecule has 390 valence electrons. The molecule has 2 atom stereocenters. The van der Waals surface area contributed by atoms with Crippen molar-refractivity contribution in [2.24, 2.45) is 5.73 Å². The molecule has 0 bridgehead atoms. The van der Waals surface area contributed by atoms with Gasteiger partial charge in [0.25, 0.3) is 0 Å². The van der Waals surface area contributed by atoms with Gasteiger partial charge in [-0.2, -0.15) is 52.7 Å². The third-order valence-electron chi connectivity index (χ3n) is 14.1. The predicted octanol–water partition coefficient (Wildman–Crippen LogP) is 12.9. The number of alkyl halides is 12. The van der Waals surface area contributed by atoms with Crippen molar-refractivity contribution in [3.63, 3.8) is 0 Å². The van der Waals surface area contributed by atoms with Crippen molar-refractivity contribution in [3.05, 3.63) is 154 Å². The summed E-state index contributed by atoms with van der Waals surface area (Å²) in [6, 6.07) is 21.9. The van der Waals surface area contributed by atoms with Crippen LogP contribution in [0.3, 0.4) is 0 Å². The highest BCUT2D eigenvalue weighted by molar-refractivity contribution is 5.36. The van der Waals surface area contributed by atoms with Gasteiger partial charge in [0.1, 0.15) is 12.7 Å². The second-order valence-corrected chi connectivity index (χ2v) is 18.6. The van der Waals surface area contributed by atoms with Gasteiger partial charge in [-0.25, -0.2) is 0 Å². The van der Waals surface area contributed by atoms with Crippen LogP contribution in [0.25, 0.3) is 0 Å². The molecule has 2 fully saturated rings. The van der Waals surface area contributed by atoms with Crippen molar-refractivity contribution in [3.8, 4) is 0 Å². The number of nitrogens with two attached hydrogens (primary N) is 1. The highest BCUT2D eigenvalue weighted by Crippen LogP contribution is 2.48. The zero-order valence-electron chi connectivity index (χ0n) is 38.2. The maximum Gasteiger partial charge on any atom is 0.416 e. The van der Waals surface area contributed by atoms with Gasteiger partial charge < -0.3 is 30.0 Å². The summed E-state index contributed by atoms with van der Waals surface area (Å²) in [5, 5.41) is 27.5. The zero-order chi connectivity index (χ0) is 51.4. The van der Waals surface area contributed by atoms with E-state index < -0.39 is 81.1 Å². The van der Waals surface area contributed by atoms with Crippen LogP contribution in [-0.2, 0) is 50.5 Å². The van der Waals surface area contributed by atoms with Gasteiger partial charge in [0, 0.05) is 16.4 Å². The summed E-state index contributed by atoms with van der Waals surface area (Å²) in [5.74, 6) is 0. The Morgan fingerprint density at radius 2 is 0.845 bits per heavy atom. The fraction of sp³-hybridized carbons (Fsp3) is 0.490. The summed E-state index contributed by atoms with van der Waals surface area (Å²) >= 11 is 0. The van der Waals surface area contributed by atoms with E-state index in [2.05, 4.69) is 10.2 Å². The lowest BCUT2D eigenvalue weighted by atomic mass is 9.64. The summed E-state index contributed by atoms with van der Waals surface area (Å²) in [5.41, 5.74) is -0.114. The van der Waals surface area contributed by atoms with Crippen molar-refractivity contribution in [2.45, 2.75) is 131 Å². The number of halogens is 12. The van der Waals surface area contributed by atoms with Crippen molar-refractivity contribution in [1.29, 1.82) is 0 Å². The van der Waals surface area contributed by atoms with E-state index in [9.17, 15) is 62.9 Å². The number of aliphatic hydroxyl groups is 2. The molecule has 7 rings (SSSR count). The molecule has 0 saturated heterocycles. The molecule has 2 aliphatic carbocycles. The van der Waals surface area contributed by atoms with E-state index in [-0.39, 0.29) is 57.1 Å². The Kier molecular flexibility index (Phi) is 17.6. The van der Waals surface area contributed by atoms with Gasteiger partial charge in [-0.3, -0.25) is 0 Å². The van der Waals surface area contributed by atoms with Crippen LogP contribution in [-0.4, -0.2) is 56.9 Å². The number of hydrogen-bond donors (Lipinski definition) is 3. The Balaban J connectivity index is 0.000000262. The van der Waals surface area contributed by atoms with Crippen LogP contribution in [0.4, 0.5) is 52.7 Å². The third kappa shape index (κ3) is 13.5. The minimum atomic E-state index is -4.93. The van der Waals surface area contributed by atoms with Crippen LogP contribution in [0.2, 0.25) is 0 Å². The number of aromatic nitrogens is 3. The third-order valence-corrected chi connectivity index (χ3v) is 14.1. The maximum absolute atomic E-state index is 13.3. The molecule has 0 amide bonds. The van der Waals surface area contributed by atoms with Gasteiger partial charge in [0.05, 0.1) is 66.4 Å². The number of rotatable bonds is 13.